The van der Waals surface area contributed by atoms with Crippen molar-refractivity contribution >= 4 is 11.3 Å². The van der Waals surface area contributed by atoms with Crippen molar-refractivity contribution in [3.05, 3.63) is 10.0 Å². The number of halogens is 3. The maximum atomic E-state index is 11.8. The number of hydrogen-bond acceptors (Lipinski definition) is 5. The van der Waals surface area contributed by atoms with Crippen LogP contribution in [0.5, 0.6) is 0 Å². The van der Waals surface area contributed by atoms with E-state index in [4.69, 9.17) is 0 Å². The topological polar surface area (TPSA) is 47.0 Å². The number of rotatable bonds is 6. The van der Waals surface area contributed by atoms with Gasteiger partial charge in [-0.25, -0.2) is 0 Å². The molecule has 8 heteroatoms. The van der Waals surface area contributed by atoms with E-state index in [1.54, 1.807) is 0 Å². The molecule has 1 N–H and O–H groups in total. The highest BCUT2D eigenvalue weighted by atomic mass is 32.1. The smallest absolute Gasteiger partial charge is 0.365 e. The predicted molar refractivity (Wildman–Crippen MR) is 53.0 cm³/mol. The largest absolute Gasteiger partial charge is 0.411 e. The summed E-state index contributed by atoms with van der Waals surface area (Å²) in [6, 6.07) is 0. The van der Waals surface area contributed by atoms with Crippen LogP contribution in [0.3, 0.4) is 0 Å². The van der Waals surface area contributed by atoms with Gasteiger partial charge in [0.1, 0.15) is 23.2 Å². The molecule has 4 nitrogen and oxygen atoms in total. The zero-order valence-electron chi connectivity index (χ0n) is 8.67. The van der Waals surface area contributed by atoms with E-state index in [2.05, 4.69) is 20.3 Å². The van der Waals surface area contributed by atoms with E-state index in [1.165, 1.54) is 11.3 Å². The Hall–Kier alpha value is -0.730. The van der Waals surface area contributed by atoms with Crippen molar-refractivity contribution in [1.82, 2.24) is 15.5 Å². The Balaban J connectivity index is 2.29. The van der Waals surface area contributed by atoms with Gasteiger partial charge in [0.15, 0.2) is 0 Å². The Labute approximate surface area is 94.8 Å². The molecule has 0 saturated heterocycles. The van der Waals surface area contributed by atoms with Gasteiger partial charge in [0.2, 0.25) is 0 Å². The van der Waals surface area contributed by atoms with E-state index in [0.29, 0.717) is 11.6 Å². The molecule has 0 aliphatic heterocycles. The molecule has 1 heterocycles. The SMILES string of the molecule is CCNCc1nnc(COCC(F)(F)F)s1. The van der Waals surface area contributed by atoms with Crippen LogP contribution >= 0.6 is 11.3 Å². The fraction of sp³-hybridized carbons (Fsp3) is 0.750. The molecule has 0 aliphatic carbocycles. The van der Waals surface area contributed by atoms with Crippen molar-refractivity contribution in [1.29, 1.82) is 0 Å². The van der Waals surface area contributed by atoms with Gasteiger partial charge in [-0.15, -0.1) is 10.2 Å². The molecule has 0 unspecified atom stereocenters. The van der Waals surface area contributed by atoms with Crippen LogP contribution in [0.2, 0.25) is 0 Å². The standard InChI is InChI=1S/C8H12F3N3OS/c1-2-12-3-6-13-14-7(16-6)4-15-5-8(9,10)11/h12H,2-5H2,1H3. The van der Waals surface area contributed by atoms with E-state index >= 15 is 0 Å². The molecule has 92 valence electrons. The second-order valence-corrected chi connectivity index (χ2v) is 4.12. The first-order valence-electron chi connectivity index (χ1n) is 4.67. The summed E-state index contributed by atoms with van der Waals surface area (Å²) < 4.78 is 39.8. The highest BCUT2D eigenvalue weighted by molar-refractivity contribution is 7.11. The van der Waals surface area contributed by atoms with Gasteiger partial charge in [0.25, 0.3) is 0 Å². The number of aromatic nitrogens is 2. The second-order valence-electron chi connectivity index (χ2n) is 2.98. The molecule has 0 spiro atoms. The molecule has 0 bridgehead atoms. The van der Waals surface area contributed by atoms with Crippen molar-refractivity contribution in [2.75, 3.05) is 13.2 Å². The average molecular weight is 255 g/mol. The molecule has 0 radical (unpaired) electrons. The van der Waals surface area contributed by atoms with Crippen LogP contribution in [-0.4, -0.2) is 29.5 Å². The lowest BCUT2D eigenvalue weighted by Gasteiger charge is -2.04. The number of alkyl halides is 3. The molecule has 0 atom stereocenters. The molecular formula is C8H12F3N3OS. The van der Waals surface area contributed by atoms with Crippen molar-refractivity contribution in [3.63, 3.8) is 0 Å². The Kier molecular flexibility index (Phi) is 5.10. The lowest BCUT2D eigenvalue weighted by atomic mass is 10.6. The quantitative estimate of drug-likeness (QED) is 0.841. The van der Waals surface area contributed by atoms with E-state index < -0.39 is 12.8 Å². The van der Waals surface area contributed by atoms with E-state index in [1.807, 2.05) is 6.92 Å². The summed E-state index contributed by atoms with van der Waals surface area (Å²) in [7, 11) is 0. The van der Waals surface area contributed by atoms with Crippen molar-refractivity contribution in [2.45, 2.75) is 26.3 Å². The molecule has 0 aliphatic rings. The molecule has 1 aromatic rings. The Bertz CT molecular complexity index is 316. The summed E-state index contributed by atoms with van der Waals surface area (Å²) in [6.45, 7) is 1.93. The van der Waals surface area contributed by atoms with Gasteiger partial charge in [-0.2, -0.15) is 13.2 Å². The predicted octanol–water partition coefficient (Wildman–Crippen LogP) is 1.73. The van der Waals surface area contributed by atoms with Crippen LogP contribution < -0.4 is 5.32 Å². The summed E-state index contributed by atoms with van der Waals surface area (Å²) in [6.07, 6.45) is -4.29. The minimum Gasteiger partial charge on any atom is -0.365 e. The Morgan fingerprint density at radius 1 is 1.31 bits per heavy atom. The fourth-order valence-corrected chi connectivity index (χ4v) is 1.66. The summed E-state index contributed by atoms with van der Waals surface area (Å²) in [5.74, 6) is 0. The van der Waals surface area contributed by atoms with Gasteiger partial charge in [-0.3, -0.25) is 0 Å². The second kappa shape index (κ2) is 6.12. The number of nitrogens with one attached hydrogen (secondary N) is 1. The average Bonchev–Trinajstić information content (AvgIpc) is 2.61. The molecule has 1 rings (SSSR count). The summed E-state index contributed by atoms with van der Waals surface area (Å²) >= 11 is 1.25. The van der Waals surface area contributed by atoms with Gasteiger partial charge >= 0.3 is 6.18 Å². The number of ether oxygens (including phenoxy) is 1. The lowest BCUT2D eigenvalue weighted by molar-refractivity contribution is -0.176. The first-order chi connectivity index (χ1) is 7.51. The molecule has 16 heavy (non-hydrogen) atoms. The Morgan fingerprint density at radius 3 is 2.62 bits per heavy atom. The van der Waals surface area contributed by atoms with E-state index in [0.717, 1.165) is 11.6 Å². The molecule has 1 aromatic heterocycles. The Morgan fingerprint density at radius 2 is 2.00 bits per heavy atom. The summed E-state index contributed by atoms with van der Waals surface area (Å²) in [5.41, 5.74) is 0. The molecule has 0 saturated carbocycles. The highest BCUT2D eigenvalue weighted by Gasteiger charge is 2.27. The monoisotopic (exact) mass is 255 g/mol. The van der Waals surface area contributed by atoms with Crippen LogP contribution in [0, 0.1) is 0 Å². The van der Waals surface area contributed by atoms with Crippen LogP contribution in [0.1, 0.15) is 16.9 Å². The third kappa shape index (κ3) is 5.38. The summed E-state index contributed by atoms with van der Waals surface area (Å²) in [5, 5.41) is 11.8. The van der Waals surface area contributed by atoms with Gasteiger partial charge < -0.3 is 10.1 Å². The maximum absolute atomic E-state index is 11.8. The third-order valence-electron chi connectivity index (χ3n) is 1.53. The fourth-order valence-electron chi connectivity index (χ4n) is 0.904. The van der Waals surface area contributed by atoms with Gasteiger partial charge in [-0.1, -0.05) is 18.3 Å². The van der Waals surface area contributed by atoms with Crippen LogP contribution in [0.15, 0.2) is 0 Å². The lowest BCUT2D eigenvalue weighted by Crippen LogP contribution is -2.16. The minimum absolute atomic E-state index is 0.150. The first kappa shape index (κ1) is 13.3. The molecule has 0 amide bonds. The summed E-state index contributed by atoms with van der Waals surface area (Å²) in [4.78, 5) is 0. The van der Waals surface area contributed by atoms with E-state index in [9.17, 15) is 13.2 Å². The van der Waals surface area contributed by atoms with Crippen molar-refractivity contribution < 1.29 is 17.9 Å². The van der Waals surface area contributed by atoms with Crippen LogP contribution in [0.25, 0.3) is 0 Å². The van der Waals surface area contributed by atoms with E-state index in [-0.39, 0.29) is 6.61 Å². The highest BCUT2D eigenvalue weighted by Crippen LogP contribution is 2.16. The zero-order chi connectivity index (χ0) is 12.0. The van der Waals surface area contributed by atoms with Gasteiger partial charge in [0.05, 0.1) is 0 Å². The third-order valence-corrected chi connectivity index (χ3v) is 2.42. The molecule has 0 fully saturated rings. The van der Waals surface area contributed by atoms with Gasteiger partial charge in [0, 0.05) is 6.54 Å². The zero-order valence-corrected chi connectivity index (χ0v) is 9.49. The normalized spacial score (nSPS) is 12.0. The molecular weight excluding hydrogens is 243 g/mol. The number of hydrogen-bond donors (Lipinski definition) is 1. The molecule has 0 aromatic carbocycles. The number of nitrogens with zero attached hydrogens (tertiary/aromatic N) is 2. The van der Waals surface area contributed by atoms with Crippen LogP contribution in [-0.2, 0) is 17.9 Å². The first-order valence-corrected chi connectivity index (χ1v) is 5.49. The van der Waals surface area contributed by atoms with Crippen molar-refractivity contribution in [3.8, 4) is 0 Å². The minimum atomic E-state index is -4.29. The van der Waals surface area contributed by atoms with Crippen molar-refractivity contribution in [2.24, 2.45) is 0 Å². The van der Waals surface area contributed by atoms with Crippen LogP contribution in [0.4, 0.5) is 13.2 Å². The maximum Gasteiger partial charge on any atom is 0.411 e. The van der Waals surface area contributed by atoms with Gasteiger partial charge in [-0.05, 0) is 6.54 Å².